The second kappa shape index (κ2) is 9.24. The molecule has 0 unspecified atom stereocenters. The maximum atomic E-state index is 12.9. The SMILES string of the molecule is CCCCCN[C@H](C(=O)Nc1cc(C)ccc1C)c1ccccc1. The van der Waals surface area contributed by atoms with Crippen molar-refractivity contribution in [3.05, 3.63) is 65.2 Å². The molecule has 0 bridgehead atoms. The molecule has 128 valence electrons. The van der Waals surface area contributed by atoms with E-state index in [0.717, 1.165) is 35.3 Å². The van der Waals surface area contributed by atoms with Crippen LogP contribution in [0.15, 0.2) is 48.5 Å². The molecule has 2 aromatic carbocycles. The van der Waals surface area contributed by atoms with E-state index in [1.54, 1.807) is 0 Å². The maximum Gasteiger partial charge on any atom is 0.246 e. The molecule has 24 heavy (non-hydrogen) atoms. The summed E-state index contributed by atoms with van der Waals surface area (Å²) < 4.78 is 0. The highest BCUT2D eigenvalue weighted by Gasteiger charge is 2.20. The van der Waals surface area contributed by atoms with E-state index in [4.69, 9.17) is 0 Å². The fourth-order valence-electron chi connectivity index (χ4n) is 2.70. The molecular formula is C21H28N2O. The zero-order valence-electron chi connectivity index (χ0n) is 14.9. The Kier molecular flexibility index (Phi) is 7.01. The van der Waals surface area contributed by atoms with E-state index < -0.39 is 0 Å². The standard InChI is InChI=1S/C21H28N2O/c1-4-5-9-14-22-20(18-10-7-6-8-11-18)21(24)23-19-15-16(2)12-13-17(19)3/h6-8,10-13,15,20,22H,4-5,9,14H2,1-3H3,(H,23,24)/t20-/m0/s1. The van der Waals surface area contributed by atoms with Crippen molar-refractivity contribution in [1.29, 1.82) is 0 Å². The number of carbonyl (C=O) groups excluding carboxylic acids is 1. The molecule has 2 N–H and O–H groups in total. The van der Waals surface area contributed by atoms with Crippen molar-refractivity contribution >= 4 is 11.6 Å². The summed E-state index contributed by atoms with van der Waals surface area (Å²) in [4.78, 5) is 12.9. The minimum Gasteiger partial charge on any atom is -0.324 e. The molecule has 0 saturated carbocycles. The number of unbranched alkanes of at least 4 members (excludes halogenated alkanes) is 2. The third-order valence-electron chi connectivity index (χ3n) is 4.17. The average Bonchev–Trinajstić information content (AvgIpc) is 2.59. The predicted molar refractivity (Wildman–Crippen MR) is 101 cm³/mol. The summed E-state index contributed by atoms with van der Waals surface area (Å²) >= 11 is 0. The van der Waals surface area contributed by atoms with Crippen LogP contribution in [0.25, 0.3) is 0 Å². The molecule has 0 heterocycles. The zero-order chi connectivity index (χ0) is 17.4. The molecular weight excluding hydrogens is 296 g/mol. The van der Waals surface area contributed by atoms with E-state index >= 15 is 0 Å². The van der Waals surface area contributed by atoms with Gasteiger partial charge in [0.25, 0.3) is 0 Å². The minimum atomic E-state index is -0.331. The van der Waals surface area contributed by atoms with Crippen molar-refractivity contribution in [3.8, 4) is 0 Å². The van der Waals surface area contributed by atoms with E-state index in [9.17, 15) is 4.79 Å². The molecule has 2 aromatic rings. The van der Waals surface area contributed by atoms with Gasteiger partial charge in [0.05, 0.1) is 0 Å². The number of amides is 1. The van der Waals surface area contributed by atoms with Crippen LogP contribution in [-0.4, -0.2) is 12.5 Å². The van der Waals surface area contributed by atoms with E-state index in [2.05, 4.69) is 23.6 Å². The van der Waals surface area contributed by atoms with Crippen molar-refractivity contribution < 1.29 is 4.79 Å². The fraction of sp³-hybridized carbons (Fsp3) is 0.381. The van der Waals surface area contributed by atoms with Gasteiger partial charge in [-0.25, -0.2) is 0 Å². The van der Waals surface area contributed by atoms with Gasteiger partial charge in [-0.3, -0.25) is 4.79 Å². The van der Waals surface area contributed by atoms with E-state index in [1.165, 1.54) is 12.8 Å². The Balaban J connectivity index is 2.13. The molecule has 0 aromatic heterocycles. The molecule has 1 atom stereocenters. The van der Waals surface area contributed by atoms with Crippen LogP contribution in [0.4, 0.5) is 5.69 Å². The predicted octanol–water partition coefficient (Wildman–Crippen LogP) is 4.76. The van der Waals surface area contributed by atoms with Crippen LogP contribution >= 0.6 is 0 Å². The normalized spacial score (nSPS) is 12.0. The molecule has 2 rings (SSSR count). The fourth-order valence-corrected chi connectivity index (χ4v) is 2.70. The van der Waals surface area contributed by atoms with Crippen LogP contribution < -0.4 is 10.6 Å². The third kappa shape index (κ3) is 5.20. The number of aryl methyl sites for hydroxylation is 2. The summed E-state index contributed by atoms with van der Waals surface area (Å²) in [5, 5.41) is 6.50. The number of nitrogens with one attached hydrogen (secondary N) is 2. The van der Waals surface area contributed by atoms with Gasteiger partial charge in [-0.05, 0) is 49.6 Å². The summed E-state index contributed by atoms with van der Waals surface area (Å²) in [7, 11) is 0. The highest BCUT2D eigenvalue weighted by molar-refractivity contribution is 5.96. The van der Waals surface area contributed by atoms with Crippen molar-refractivity contribution in [2.24, 2.45) is 0 Å². The van der Waals surface area contributed by atoms with Crippen LogP contribution in [0.5, 0.6) is 0 Å². The lowest BCUT2D eigenvalue weighted by Crippen LogP contribution is -2.33. The Labute approximate surface area is 145 Å². The average molecular weight is 324 g/mol. The second-order valence-electron chi connectivity index (χ2n) is 6.31. The third-order valence-corrected chi connectivity index (χ3v) is 4.17. The molecule has 0 fully saturated rings. The van der Waals surface area contributed by atoms with Crippen LogP contribution in [0, 0.1) is 13.8 Å². The zero-order valence-corrected chi connectivity index (χ0v) is 14.9. The quantitative estimate of drug-likeness (QED) is 0.687. The molecule has 0 aliphatic heterocycles. The molecule has 0 radical (unpaired) electrons. The Morgan fingerprint density at radius 1 is 1.04 bits per heavy atom. The number of carbonyl (C=O) groups is 1. The molecule has 0 aliphatic carbocycles. The largest absolute Gasteiger partial charge is 0.324 e. The molecule has 3 heteroatoms. The van der Waals surface area contributed by atoms with E-state index in [0.29, 0.717) is 0 Å². The Bertz CT molecular complexity index is 652. The van der Waals surface area contributed by atoms with Crippen molar-refractivity contribution in [2.45, 2.75) is 46.1 Å². The van der Waals surface area contributed by atoms with E-state index in [-0.39, 0.29) is 11.9 Å². The lowest BCUT2D eigenvalue weighted by molar-refractivity contribution is -0.118. The first-order chi connectivity index (χ1) is 11.6. The number of hydrogen-bond acceptors (Lipinski definition) is 2. The summed E-state index contributed by atoms with van der Waals surface area (Å²) in [5.41, 5.74) is 4.10. The first-order valence-electron chi connectivity index (χ1n) is 8.78. The van der Waals surface area contributed by atoms with Gasteiger partial charge < -0.3 is 10.6 Å². The van der Waals surface area contributed by atoms with Gasteiger partial charge in [-0.15, -0.1) is 0 Å². The summed E-state index contributed by atoms with van der Waals surface area (Å²) in [6.45, 7) is 7.07. The van der Waals surface area contributed by atoms with E-state index in [1.807, 2.05) is 56.3 Å². The Hall–Kier alpha value is -2.13. The van der Waals surface area contributed by atoms with Crippen LogP contribution in [-0.2, 0) is 4.79 Å². The maximum absolute atomic E-state index is 12.9. The second-order valence-corrected chi connectivity index (χ2v) is 6.31. The van der Waals surface area contributed by atoms with Gasteiger partial charge >= 0.3 is 0 Å². The van der Waals surface area contributed by atoms with Gasteiger partial charge in [0.15, 0.2) is 0 Å². The lowest BCUT2D eigenvalue weighted by atomic mass is 10.0. The highest BCUT2D eigenvalue weighted by Crippen LogP contribution is 2.20. The Morgan fingerprint density at radius 2 is 1.79 bits per heavy atom. The number of benzene rings is 2. The summed E-state index contributed by atoms with van der Waals surface area (Å²) in [6.07, 6.45) is 3.43. The smallest absolute Gasteiger partial charge is 0.246 e. The number of rotatable bonds is 8. The molecule has 0 aliphatic rings. The van der Waals surface area contributed by atoms with Gasteiger partial charge in [0.1, 0.15) is 6.04 Å². The van der Waals surface area contributed by atoms with Gasteiger partial charge in [0.2, 0.25) is 5.91 Å². The topological polar surface area (TPSA) is 41.1 Å². The first-order valence-corrected chi connectivity index (χ1v) is 8.78. The van der Waals surface area contributed by atoms with Crippen molar-refractivity contribution in [3.63, 3.8) is 0 Å². The molecule has 0 saturated heterocycles. The first kappa shape index (κ1) is 18.2. The Morgan fingerprint density at radius 3 is 2.50 bits per heavy atom. The minimum absolute atomic E-state index is 0.00796. The molecule has 3 nitrogen and oxygen atoms in total. The lowest BCUT2D eigenvalue weighted by Gasteiger charge is -2.20. The van der Waals surface area contributed by atoms with Gasteiger partial charge in [0, 0.05) is 5.69 Å². The summed E-state index contributed by atoms with van der Waals surface area (Å²) in [5.74, 6) is -0.00796. The van der Waals surface area contributed by atoms with Crippen LogP contribution in [0.2, 0.25) is 0 Å². The summed E-state index contributed by atoms with van der Waals surface area (Å²) in [6, 6.07) is 15.7. The van der Waals surface area contributed by atoms with Gasteiger partial charge in [-0.2, -0.15) is 0 Å². The number of anilines is 1. The van der Waals surface area contributed by atoms with Crippen LogP contribution in [0.3, 0.4) is 0 Å². The number of hydrogen-bond donors (Lipinski definition) is 2. The highest BCUT2D eigenvalue weighted by atomic mass is 16.2. The van der Waals surface area contributed by atoms with Crippen molar-refractivity contribution in [1.82, 2.24) is 5.32 Å². The monoisotopic (exact) mass is 324 g/mol. The molecule has 0 spiro atoms. The molecule has 1 amide bonds. The van der Waals surface area contributed by atoms with Crippen molar-refractivity contribution in [2.75, 3.05) is 11.9 Å². The van der Waals surface area contributed by atoms with Gasteiger partial charge in [-0.1, -0.05) is 62.2 Å². The van der Waals surface area contributed by atoms with Crippen LogP contribution in [0.1, 0.15) is 48.9 Å².